The van der Waals surface area contributed by atoms with Gasteiger partial charge < -0.3 is 24.9 Å². The van der Waals surface area contributed by atoms with Gasteiger partial charge in [-0.3, -0.25) is 13.7 Å². The van der Waals surface area contributed by atoms with Gasteiger partial charge >= 0.3 is 13.3 Å². The van der Waals surface area contributed by atoms with Crippen molar-refractivity contribution >= 4 is 7.60 Å². The van der Waals surface area contributed by atoms with E-state index in [1.54, 1.807) is 41.5 Å². The Morgan fingerprint density at radius 1 is 1.26 bits per heavy atom. The summed E-state index contributed by atoms with van der Waals surface area (Å²) in [5, 5.41) is 29.7. The summed E-state index contributed by atoms with van der Waals surface area (Å²) >= 11 is 0. The molecular weight excluding hydrogens is 427 g/mol. The number of ether oxygens (including phenoxy) is 1. The molecule has 31 heavy (non-hydrogen) atoms. The maximum Gasteiger partial charge on any atom is 0.359 e. The minimum Gasteiger partial charge on any atom is -0.388 e. The number of hydrogen-bond donors (Lipinski definition) is 4. The quantitative estimate of drug-likeness (QED) is 0.422. The lowest BCUT2D eigenvalue weighted by molar-refractivity contribution is -0.107. The molecule has 2 rings (SSSR count). The third-order valence-electron chi connectivity index (χ3n) is 6.71. The molecule has 1 aliphatic rings. The minimum atomic E-state index is -4.47. The van der Waals surface area contributed by atoms with Crippen LogP contribution in [0.15, 0.2) is 11.0 Å². The van der Waals surface area contributed by atoms with Gasteiger partial charge in [-0.1, -0.05) is 20.8 Å². The molecule has 0 aromatic carbocycles. The van der Waals surface area contributed by atoms with Gasteiger partial charge in [-0.05, 0) is 46.1 Å². The normalized spacial score (nSPS) is 30.9. The van der Waals surface area contributed by atoms with E-state index in [9.17, 15) is 29.6 Å². The van der Waals surface area contributed by atoms with Crippen LogP contribution >= 0.6 is 7.60 Å². The molecule has 10 nitrogen and oxygen atoms in total. The molecule has 1 aliphatic heterocycles. The van der Waals surface area contributed by atoms with Crippen LogP contribution in [0.2, 0.25) is 0 Å². The van der Waals surface area contributed by atoms with Gasteiger partial charge in [0, 0.05) is 17.8 Å². The lowest BCUT2D eigenvalue weighted by Gasteiger charge is -2.41. The third kappa shape index (κ3) is 4.80. The number of rotatable bonds is 8. The molecule has 1 fully saturated rings. The fraction of sp³-hybridized carbons (Fsp3) is 0.800. The topological polar surface area (TPSA) is 151 Å². The van der Waals surface area contributed by atoms with Crippen molar-refractivity contribution in [2.24, 2.45) is 5.92 Å². The first kappa shape index (κ1) is 26.1. The third-order valence-corrected chi connectivity index (χ3v) is 8.90. The SMILES string of the molecule is CCC(C)(OP(=O)(O)C(C)(O)CC)C(C)C1OC(n2cc(C)c(C)nc2=O)C(O)C1O. The Labute approximate surface area is 182 Å². The van der Waals surface area contributed by atoms with E-state index in [1.807, 2.05) is 0 Å². The highest BCUT2D eigenvalue weighted by Crippen LogP contribution is 2.59. The Morgan fingerprint density at radius 3 is 2.35 bits per heavy atom. The first-order valence-corrected chi connectivity index (χ1v) is 12.0. The Bertz CT molecular complexity index is 904. The second kappa shape index (κ2) is 9.02. The van der Waals surface area contributed by atoms with Crippen LogP contribution in [-0.4, -0.2) is 59.0 Å². The maximum absolute atomic E-state index is 12.8. The van der Waals surface area contributed by atoms with Crippen molar-refractivity contribution in [1.29, 1.82) is 0 Å². The molecule has 0 amide bonds. The first-order valence-electron chi connectivity index (χ1n) is 10.5. The minimum absolute atomic E-state index is 0.000979. The number of aromatic nitrogens is 2. The van der Waals surface area contributed by atoms with E-state index < -0.39 is 54.7 Å². The fourth-order valence-corrected chi connectivity index (χ4v) is 5.01. The zero-order chi connectivity index (χ0) is 23.9. The van der Waals surface area contributed by atoms with E-state index >= 15 is 0 Å². The number of aryl methyl sites for hydroxylation is 2. The van der Waals surface area contributed by atoms with Gasteiger partial charge in [0.25, 0.3) is 0 Å². The van der Waals surface area contributed by atoms with E-state index in [0.29, 0.717) is 11.3 Å². The highest BCUT2D eigenvalue weighted by Gasteiger charge is 2.54. The second-order valence-electron chi connectivity index (χ2n) is 8.81. The summed E-state index contributed by atoms with van der Waals surface area (Å²) in [7, 11) is -4.47. The predicted octanol–water partition coefficient (Wildman–Crippen LogP) is 1.60. The van der Waals surface area contributed by atoms with Gasteiger partial charge in [0.1, 0.15) is 12.2 Å². The Balaban J connectivity index is 2.36. The van der Waals surface area contributed by atoms with Crippen LogP contribution < -0.4 is 5.69 Å². The van der Waals surface area contributed by atoms with Crippen LogP contribution in [0.25, 0.3) is 0 Å². The lowest BCUT2D eigenvalue weighted by Crippen LogP contribution is -2.47. The summed E-state index contributed by atoms with van der Waals surface area (Å²) in [6.45, 7) is 11.2. The van der Waals surface area contributed by atoms with Crippen molar-refractivity contribution in [2.45, 2.75) is 96.8 Å². The van der Waals surface area contributed by atoms with Crippen LogP contribution in [0.1, 0.15) is 64.9 Å². The predicted molar refractivity (Wildman–Crippen MR) is 114 cm³/mol. The average Bonchev–Trinajstić information content (AvgIpc) is 2.98. The smallest absolute Gasteiger partial charge is 0.359 e. The van der Waals surface area contributed by atoms with Gasteiger partial charge in [0.15, 0.2) is 11.6 Å². The van der Waals surface area contributed by atoms with Crippen molar-refractivity contribution in [3.63, 3.8) is 0 Å². The standard InChI is InChI=1S/C20H35N2O8P/c1-8-19(6,30-31(27,28)20(7,26)9-2)12(4)16-14(23)15(24)17(29-16)22-10-11(3)13(5)21-18(22)25/h10,12,14-17,23-24,26H,8-9H2,1-7H3,(H,27,28). The monoisotopic (exact) mass is 462 g/mol. The molecule has 1 aromatic rings. The zero-order valence-corrected chi connectivity index (χ0v) is 20.0. The Kier molecular flexibility index (Phi) is 7.60. The van der Waals surface area contributed by atoms with Crippen molar-refractivity contribution in [2.75, 3.05) is 0 Å². The number of nitrogens with zero attached hydrogens (tertiary/aromatic N) is 2. The summed E-state index contributed by atoms with van der Waals surface area (Å²) in [5.74, 6) is -0.685. The molecule has 8 unspecified atom stereocenters. The van der Waals surface area contributed by atoms with Gasteiger partial charge in [-0.25, -0.2) is 4.79 Å². The summed E-state index contributed by atoms with van der Waals surface area (Å²) in [6, 6.07) is 0. The summed E-state index contributed by atoms with van der Waals surface area (Å²) in [4.78, 5) is 26.7. The molecule has 0 bridgehead atoms. The molecule has 8 atom stereocenters. The zero-order valence-electron chi connectivity index (χ0n) is 19.1. The van der Waals surface area contributed by atoms with Crippen molar-refractivity contribution < 1.29 is 34.0 Å². The van der Waals surface area contributed by atoms with Crippen molar-refractivity contribution in [3.05, 3.63) is 27.9 Å². The number of aliphatic hydroxyl groups is 3. The lowest BCUT2D eigenvalue weighted by atomic mass is 9.82. The highest BCUT2D eigenvalue weighted by molar-refractivity contribution is 7.54. The van der Waals surface area contributed by atoms with Crippen LogP contribution in [0.3, 0.4) is 0 Å². The van der Waals surface area contributed by atoms with Crippen LogP contribution in [0.4, 0.5) is 0 Å². The molecule has 0 radical (unpaired) electrons. The van der Waals surface area contributed by atoms with Crippen molar-refractivity contribution in [3.8, 4) is 0 Å². The van der Waals surface area contributed by atoms with E-state index in [0.717, 1.165) is 4.57 Å². The molecule has 0 saturated carbocycles. The molecule has 11 heteroatoms. The largest absolute Gasteiger partial charge is 0.388 e. The van der Waals surface area contributed by atoms with Crippen LogP contribution in [-0.2, 0) is 13.8 Å². The Hall–Kier alpha value is -1.13. The fourth-order valence-electron chi connectivity index (χ4n) is 3.56. The van der Waals surface area contributed by atoms with E-state index in [2.05, 4.69) is 4.98 Å². The number of hydrogen-bond acceptors (Lipinski definition) is 8. The van der Waals surface area contributed by atoms with E-state index in [-0.39, 0.29) is 12.8 Å². The van der Waals surface area contributed by atoms with Crippen LogP contribution in [0, 0.1) is 19.8 Å². The highest BCUT2D eigenvalue weighted by atomic mass is 31.2. The maximum atomic E-state index is 12.8. The Morgan fingerprint density at radius 2 is 1.84 bits per heavy atom. The second-order valence-corrected chi connectivity index (χ2v) is 11.0. The molecule has 178 valence electrons. The van der Waals surface area contributed by atoms with Gasteiger partial charge in [-0.15, -0.1) is 0 Å². The summed E-state index contributed by atoms with van der Waals surface area (Å²) in [6.07, 6.45) is -3.22. The average molecular weight is 462 g/mol. The van der Waals surface area contributed by atoms with Crippen molar-refractivity contribution in [1.82, 2.24) is 9.55 Å². The molecule has 1 aromatic heterocycles. The first-order chi connectivity index (χ1) is 14.1. The molecule has 0 spiro atoms. The molecule has 2 heterocycles. The summed E-state index contributed by atoms with van der Waals surface area (Å²) in [5.41, 5.74) is -0.643. The van der Waals surface area contributed by atoms with Gasteiger partial charge in [-0.2, -0.15) is 4.98 Å². The molecular formula is C20H35N2O8P. The van der Waals surface area contributed by atoms with E-state index in [4.69, 9.17) is 9.26 Å². The van der Waals surface area contributed by atoms with Crippen LogP contribution in [0.5, 0.6) is 0 Å². The number of aliphatic hydroxyl groups excluding tert-OH is 2. The van der Waals surface area contributed by atoms with E-state index in [1.165, 1.54) is 13.1 Å². The molecule has 1 saturated heterocycles. The molecule has 0 aliphatic carbocycles. The molecule has 4 N–H and O–H groups in total. The van der Waals surface area contributed by atoms with Gasteiger partial charge in [0.2, 0.25) is 0 Å². The summed E-state index contributed by atoms with van der Waals surface area (Å²) < 4.78 is 25.4. The van der Waals surface area contributed by atoms with Gasteiger partial charge in [0.05, 0.1) is 11.7 Å².